The zero-order valence-corrected chi connectivity index (χ0v) is 12.0. The first-order valence-electron chi connectivity index (χ1n) is 6.88. The predicted molar refractivity (Wildman–Crippen MR) is 82.2 cm³/mol. The van der Waals surface area contributed by atoms with Crippen LogP contribution >= 0.6 is 0 Å². The molecule has 2 aromatic rings. The molecule has 1 heterocycles. The van der Waals surface area contributed by atoms with Crippen molar-refractivity contribution in [3.63, 3.8) is 0 Å². The Labute approximate surface area is 120 Å². The molecule has 106 valence electrons. The van der Waals surface area contributed by atoms with Gasteiger partial charge in [0.15, 0.2) is 0 Å². The second-order valence-electron chi connectivity index (χ2n) is 4.73. The number of hydrogen-bond donors (Lipinski definition) is 2. The molecule has 0 aliphatic carbocycles. The Morgan fingerprint density at radius 3 is 2.65 bits per heavy atom. The minimum absolute atomic E-state index is 0.317. The first-order chi connectivity index (χ1) is 9.75. The Kier molecular flexibility index (Phi) is 4.64. The number of ether oxygens (including phenoxy) is 1. The van der Waals surface area contributed by atoms with E-state index in [0.717, 1.165) is 30.8 Å². The molecule has 0 saturated heterocycles. The first-order valence-corrected chi connectivity index (χ1v) is 6.88. The van der Waals surface area contributed by atoms with Crippen LogP contribution in [-0.2, 0) is 6.42 Å². The summed E-state index contributed by atoms with van der Waals surface area (Å²) in [6, 6.07) is 11.7. The summed E-state index contributed by atoms with van der Waals surface area (Å²) in [5, 5.41) is 9.50. The summed E-state index contributed by atoms with van der Waals surface area (Å²) in [6.07, 6.45) is 2.13. The SMILES string of the molecule is CN.Cc1cc(O)ccc1-c1cccc2c1CCCO2. The zero-order chi connectivity index (χ0) is 14.5. The van der Waals surface area contributed by atoms with E-state index in [4.69, 9.17) is 4.74 Å². The Morgan fingerprint density at radius 2 is 1.90 bits per heavy atom. The Bertz CT molecular complexity index is 594. The topological polar surface area (TPSA) is 55.5 Å². The number of hydrogen-bond acceptors (Lipinski definition) is 3. The lowest BCUT2D eigenvalue weighted by Gasteiger charge is -2.21. The van der Waals surface area contributed by atoms with Crippen LogP contribution in [0.1, 0.15) is 17.5 Å². The van der Waals surface area contributed by atoms with Gasteiger partial charge in [0.25, 0.3) is 0 Å². The van der Waals surface area contributed by atoms with Crippen LogP contribution in [0.2, 0.25) is 0 Å². The molecule has 0 bridgehead atoms. The maximum absolute atomic E-state index is 9.50. The van der Waals surface area contributed by atoms with E-state index in [9.17, 15) is 5.11 Å². The molecule has 2 aromatic carbocycles. The van der Waals surface area contributed by atoms with Crippen molar-refractivity contribution in [1.82, 2.24) is 0 Å². The standard InChI is InChI=1S/C16H16O2.CH5N/c1-11-10-12(17)7-8-13(11)14-4-2-6-16-15(14)5-3-9-18-16;1-2/h2,4,6-8,10,17H,3,5,9H2,1H3;2H2,1H3. The van der Waals surface area contributed by atoms with Crippen molar-refractivity contribution in [2.45, 2.75) is 19.8 Å². The number of phenolic OH excluding ortho intramolecular Hbond substituents is 1. The number of phenols is 1. The van der Waals surface area contributed by atoms with E-state index in [0.29, 0.717) is 5.75 Å². The van der Waals surface area contributed by atoms with Crippen molar-refractivity contribution in [3.8, 4) is 22.6 Å². The number of rotatable bonds is 1. The number of aromatic hydroxyl groups is 1. The van der Waals surface area contributed by atoms with Gasteiger partial charge in [0, 0.05) is 5.56 Å². The average Bonchev–Trinajstić information content (AvgIpc) is 2.49. The zero-order valence-electron chi connectivity index (χ0n) is 12.0. The number of fused-ring (bicyclic) bond motifs is 1. The van der Waals surface area contributed by atoms with Gasteiger partial charge in [-0.1, -0.05) is 18.2 Å². The lowest BCUT2D eigenvalue weighted by molar-refractivity contribution is 0.289. The average molecular weight is 271 g/mol. The minimum Gasteiger partial charge on any atom is -0.508 e. The second kappa shape index (κ2) is 6.44. The van der Waals surface area contributed by atoms with Gasteiger partial charge in [-0.25, -0.2) is 0 Å². The molecule has 3 rings (SSSR count). The summed E-state index contributed by atoms with van der Waals surface area (Å²) in [5.74, 6) is 1.32. The molecule has 1 aliphatic rings. The largest absolute Gasteiger partial charge is 0.508 e. The van der Waals surface area contributed by atoms with E-state index in [1.54, 1.807) is 12.1 Å². The van der Waals surface area contributed by atoms with Crippen LogP contribution in [-0.4, -0.2) is 18.8 Å². The number of aryl methyl sites for hydroxylation is 1. The molecule has 0 aromatic heterocycles. The van der Waals surface area contributed by atoms with E-state index in [-0.39, 0.29) is 0 Å². The highest BCUT2D eigenvalue weighted by atomic mass is 16.5. The number of benzene rings is 2. The van der Waals surface area contributed by atoms with Crippen molar-refractivity contribution in [2.75, 3.05) is 13.7 Å². The Morgan fingerprint density at radius 1 is 1.10 bits per heavy atom. The molecule has 20 heavy (non-hydrogen) atoms. The molecule has 3 heteroatoms. The van der Waals surface area contributed by atoms with E-state index in [2.05, 4.69) is 11.8 Å². The van der Waals surface area contributed by atoms with Crippen LogP contribution in [0.3, 0.4) is 0 Å². The Hall–Kier alpha value is -2.00. The molecule has 0 atom stereocenters. The van der Waals surface area contributed by atoms with Crippen molar-refractivity contribution >= 4 is 0 Å². The van der Waals surface area contributed by atoms with Gasteiger partial charge in [-0.2, -0.15) is 0 Å². The van der Waals surface area contributed by atoms with Gasteiger partial charge < -0.3 is 15.6 Å². The van der Waals surface area contributed by atoms with E-state index in [1.165, 1.54) is 23.7 Å². The van der Waals surface area contributed by atoms with Crippen molar-refractivity contribution in [3.05, 3.63) is 47.5 Å². The van der Waals surface area contributed by atoms with Crippen molar-refractivity contribution < 1.29 is 9.84 Å². The third-order valence-corrected chi connectivity index (χ3v) is 3.46. The normalized spacial score (nSPS) is 12.8. The fraction of sp³-hybridized carbons (Fsp3) is 0.294. The van der Waals surface area contributed by atoms with Gasteiger partial charge in [-0.05, 0) is 61.7 Å². The lowest BCUT2D eigenvalue weighted by atomic mass is 9.92. The van der Waals surface area contributed by atoms with Crippen LogP contribution < -0.4 is 10.5 Å². The smallest absolute Gasteiger partial charge is 0.123 e. The fourth-order valence-corrected chi connectivity index (χ4v) is 2.59. The summed E-state index contributed by atoms with van der Waals surface area (Å²) in [5.41, 5.74) is 9.28. The van der Waals surface area contributed by atoms with E-state index in [1.807, 2.05) is 25.1 Å². The van der Waals surface area contributed by atoms with Gasteiger partial charge in [0.05, 0.1) is 6.61 Å². The van der Waals surface area contributed by atoms with Crippen LogP contribution in [0.5, 0.6) is 11.5 Å². The van der Waals surface area contributed by atoms with Crippen LogP contribution in [0.25, 0.3) is 11.1 Å². The molecule has 0 unspecified atom stereocenters. The third kappa shape index (κ3) is 2.78. The highest BCUT2D eigenvalue weighted by Crippen LogP contribution is 2.36. The van der Waals surface area contributed by atoms with Crippen LogP contribution in [0, 0.1) is 6.92 Å². The van der Waals surface area contributed by atoms with E-state index < -0.39 is 0 Å². The maximum Gasteiger partial charge on any atom is 0.123 e. The highest BCUT2D eigenvalue weighted by Gasteiger charge is 2.16. The molecule has 3 nitrogen and oxygen atoms in total. The van der Waals surface area contributed by atoms with Gasteiger partial charge >= 0.3 is 0 Å². The molecule has 0 fully saturated rings. The van der Waals surface area contributed by atoms with Crippen LogP contribution in [0.15, 0.2) is 36.4 Å². The molecular formula is C17H21NO2. The molecule has 3 N–H and O–H groups in total. The Balaban J connectivity index is 0.000000704. The van der Waals surface area contributed by atoms with E-state index >= 15 is 0 Å². The molecular weight excluding hydrogens is 250 g/mol. The summed E-state index contributed by atoms with van der Waals surface area (Å²) in [7, 11) is 1.50. The van der Waals surface area contributed by atoms with Gasteiger partial charge in [0.2, 0.25) is 0 Å². The van der Waals surface area contributed by atoms with Crippen molar-refractivity contribution in [2.24, 2.45) is 5.73 Å². The third-order valence-electron chi connectivity index (χ3n) is 3.46. The summed E-state index contributed by atoms with van der Waals surface area (Å²) in [4.78, 5) is 0. The van der Waals surface area contributed by atoms with Gasteiger partial charge in [-0.15, -0.1) is 0 Å². The second-order valence-corrected chi connectivity index (χ2v) is 4.73. The van der Waals surface area contributed by atoms with Crippen molar-refractivity contribution in [1.29, 1.82) is 0 Å². The summed E-state index contributed by atoms with van der Waals surface area (Å²) in [6.45, 7) is 2.84. The maximum atomic E-state index is 9.50. The quantitative estimate of drug-likeness (QED) is 0.837. The molecule has 0 radical (unpaired) electrons. The number of nitrogens with two attached hydrogens (primary N) is 1. The predicted octanol–water partition coefficient (Wildman–Crippen LogP) is 3.27. The molecule has 0 spiro atoms. The molecule has 0 saturated carbocycles. The monoisotopic (exact) mass is 271 g/mol. The molecule has 0 amide bonds. The van der Waals surface area contributed by atoms with Gasteiger partial charge in [-0.3, -0.25) is 0 Å². The van der Waals surface area contributed by atoms with Crippen LogP contribution in [0.4, 0.5) is 0 Å². The lowest BCUT2D eigenvalue weighted by Crippen LogP contribution is -2.09. The fourth-order valence-electron chi connectivity index (χ4n) is 2.59. The summed E-state index contributed by atoms with van der Waals surface area (Å²) < 4.78 is 5.70. The van der Waals surface area contributed by atoms with Gasteiger partial charge in [0.1, 0.15) is 11.5 Å². The minimum atomic E-state index is 0.317. The first kappa shape index (κ1) is 14.4. The summed E-state index contributed by atoms with van der Waals surface area (Å²) >= 11 is 0. The molecule has 1 aliphatic heterocycles. The highest BCUT2D eigenvalue weighted by molar-refractivity contribution is 5.73.